The summed E-state index contributed by atoms with van der Waals surface area (Å²) in [4.78, 5) is 13.8. The van der Waals surface area contributed by atoms with Gasteiger partial charge in [-0.3, -0.25) is 4.79 Å². The van der Waals surface area contributed by atoms with Crippen LogP contribution in [0.1, 0.15) is 12.5 Å². The third-order valence-corrected chi connectivity index (χ3v) is 2.25. The van der Waals surface area contributed by atoms with E-state index in [4.69, 9.17) is 22.9 Å². The van der Waals surface area contributed by atoms with Crippen LogP contribution in [0.2, 0.25) is 5.02 Å². The van der Waals surface area contributed by atoms with Crippen molar-refractivity contribution in [3.63, 3.8) is 0 Å². The SMILES string of the molecule is [C-]#[N+]c1c(O)cc(OC(C)=O)c(Cl)c1C. The molecule has 0 aliphatic carbocycles. The number of halogens is 1. The number of hydrogen-bond donors (Lipinski definition) is 1. The number of benzene rings is 1. The Kier molecular flexibility index (Phi) is 3.17. The zero-order valence-electron chi connectivity index (χ0n) is 8.17. The minimum Gasteiger partial charge on any atom is -0.519 e. The van der Waals surface area contributed by atoms with Gasteiger partial charge in [0.25, 0.3) is 0 Å². The summed E-state index contributed by atoms with van der Waals surface area (Å²) in [5.74, 6) is -0.721. The fourth-order valence-corrected chi connectivity index (χ4v) is 1.29. The van der Waals surface area contributed by atoms with E-state index < -0.39 is 5.97 Å². The summed E-state index contributed by atoms with van der Waals surface area (Å²) in [5, 5.41) is 9.61. The van der Waals surface area contributed by atoms with Crippen molar-refractivity contribution in [2.75, 3.05) is 0 Å². The second-order valence-electron chi connectivity index (χ2n) is 2.89. The van der Waals surface area contributed by atoms with Gasteiger partial charge >= 0.3 is 5.97 Å². The monoisotopic (exact) mass is 225 g/mol. The Labute approximate surface area is 91.9 Å². The minimum atomic E-state index is -0.536. The predicted molar refractivity (Wildman–Crippen MR) is 55.4 cm³/mol. The largest absolute Gasteiger partial charge is 0.519 e. The number of esters is 1. The van der Waals surface area contributed by atoms with E-state index >= 15 is 0 Å². The molecule has 0 radical (unpaired) electrons. The number of nitrogens with zero attached hydrogens (tertiary/aromatic N) is 1. The molecule has 0 atom stereocenters. The van der Waals surface area contributed by atoms with Gasteiger partial charge in [0.1, 0.15) is 5.75 Å². The van der Waals surface area contributed by atoms with E-state index in [-0.39, 0.29) is 22.2 Å². The van der Waals surface area contributed by atoms with Crippen LogP contribution in [-0.4, -0.2) is 11.1 Å². The first kappa shape index (κ1) is 11.3. The lowest BCUT2D eigenvalue weighted by Gasteiger charge is -2.09. The molecule has 0 spiro atoms. The average molecular weight is 226 g/mol. The van der Waals surface area contributed by atoms with Crippen LogP contribution in [0.3, 0.4) is 0 Å². The molecular formula is C10H8ClNO3. The highest BCUT2D eigenvalue weighted by atomic mass is 35.5. The number of carbonyl (C=O) groups is 1. The lowest BCUT2D eigenvalue weighted by atomic mass is 10.1. The summed E-state index contributed by atoms with van der Waals surface area (Å²) in [5.41, 5.74) is 0.457. The van der Waals surface area contributed by atoms with Gasteiger partial charge in [-0.2, -0.15) is 0 Å². The number of ether oxygens (including phenoxy) is 1. The van der Waals surface area contributed by atoms with E-state index in [2.05, 4.69) is 4.85 Å². The van der Waals surface area contributed by atoms with Gasteiger partial charge < -0.3 is 9.84 Å². The fraction of sp³-hybridized carbons (Fsp3) is 0.200. The molecule has 0 heterocycles. The zero-order chi connectivity index (χ0) is 11.6. The molecule has 5 heteroatoms. The first-order valence-corrected chi connectivity index (χ1v) is 4.43. The lowest BCUT2D eigenvalue weighted by Crippen LogP contribution is -2.02. The average Bonchev–Trinajstić information content (AvgIpc) is 2.14. The van der Waals surface area contributed by atoms with Crippen LogP contribution in [0.15, 0.2) is 6.07 Å². The summed E-state index contributed by atoms with van der Waals surface area (Å²) >= 11 is 5.86. The molecule has 78 valence electrons. The van der Waals surface area contributed by atoms with E-state index in [0.29, 0.717) is 5.56 Å². The van der Waals surface area contributed by atoms with Gasteiger partial charge in [0.15, 0.2) is 5.75 Å². The van der Waals surface area contributed by atoms with Crippen LogP contribution in [0.4, 0.5) is 5.69 Å². The molecule has 0 saturated heterocycles. The normalized spacial score (nSPS) is 9.47. The Morgan fingerprint density at radius 2 is 2.27 bits per heavy atom. The fourth-order valence-electron chi connectivity index (χ4n) is 1.11. The smallest absolute Gasteiger partial charge is 0.308 e. The van der Waals surface area contributed by atoms with Crippen LogP contribution in [0.25, 0.3) is 4.85 Å². The van der Waals surface area contributed by atoms with E-state index in [1.165, 1.54) is 6.92 Å². The Balaban J connectivity index is 3.35. The number of phenols is 1. The van der Waals surface area contributed by atoms with Crippen molar-refractivity contribution in [2.24, 2.45) is 0 Å². The molecule has 4 nitrogen and oxygen atoms in total. The number of carbonyl (C=O) groups excluding carboxylic acids is 1. The van der Waals surface area contributed by atoms with Gasteiger partial charge in [-0.25, -0.2) is 4.85 Å². The molecule has 1 aromatic carbocycles. The Morgan fingerprint density at radius 3 is 2.73 bits per heavy atom. The third-order valence-electron chi connectivity index (χ3n) is 1.78. The Hall–Kier alpha value is -1.73. The summed E-state index contributed by atoms with van der Waals surface area (Å²) in [6.07, 6.45) is 0. The van der Waals surface area contributed by atoms with E-state index in [0.717, 1.165) is 6.07 Å². The molecule has 1 aromatic rings. The van der Waals surface area contributed by atoms with Crippen molar-refractivity contribution in [3.05, 3.63) is 28.1 Å². The van der Waals surface area contributed by atoms with Crippen LogP contribution < -0.4 is 4.74 Å². The van der Waals surface area contributed by atoms with Crippen LogP contribution in [0, 0.1) is 13.5 Å². The van der Waals surface area contributed by atoms with Crippen molar-refractivity contribution >= 4 is 23.3 Å². The second kappa shape index (κ2) is 4.20. The van der Waals surface area contributed by atoms with Crippen molar-refractivity contribution < 1.29 is 14.6 Å². The Bertz CT molecular complexity index is 463. The minimum absolute atomic E-state index is 0.0616. The van der Waals surface area contributed by atoms with Crippen molar-refractivity contribution in [2.45, 2.75) is 13.8 Å². The zero-order valence-corrected chi connectivity index (χ0v) is 8.92. The highest BCUT2D eigenvalue weighted by Gasteiger charge is 2.15. The molecule has 0 amide bonds. The maximum atomic E-state index is 10.7. The van der Waals surface area contributed by atoms with E-state index in [1.54, 1.807) is 6.92 Å². The second-order valence-corrected chi connectivity index (χ2v) is 3.26. The maximum Gasteiger partial charge on any atom is 0.308 e. The van der Waals surface area contributed by atoms with Gasteiger partial charge in [0, 0.05) is 13.0 Å². The highest BCUT2D eigenvalue weighted by molar-refractivity contribution is 6.33. The van der Waals surface area contributed by atoms with Gasteiger partial charge in [-0.1, -0.05) is 11.6 Å². The van der Waals surface area contributed by atoms with E-state index in [1.807, 2.05) is 0 Å². The van der Waals surface area contributed by atoms with Crippen LogP contribution >= 0.6 is 11.6 Å². The number of aromatic hydroxyl groups is 1. The third kappa shape index (κ3) is 2.20. The van der Waals surface area contributed by atoms with Crippen LogP contribution in [-0.2, 0) is 4.79 Å². The van der Waals surface area contributed by atoms with Gasteiger partial charge in [0.2, 0.25) is 5.69 Å². The molecule has 0 aliphatic rings. The van der Waals surface area contributed by atoms with Crippen molar-refractivity contribution in [1.29, 1.82) is 0 Å². The molecule has 0 aliphatic heterocycles. The molecular weight excluding hydrogens is 218 g/mol. The van der Waals surface area contributed by atoms with Crippen molar-refractivity contribution in [1.82, 2.24) is 0 Å². The lowest BCUT2D eigenvalue weighted by molar-refractivity contribution is -0.131. The molecule has 1 rings (SSSR count). The first-order chi connectivity index (χ1) is 6.97. The molecule has 1 N–H and O–H groups in total. The quantitative estimate of drug-likeness (QED) is 0.454. The summed E-state index contributed by atoms with van der Waals surface area (Å²) in [6.45, 7) is 9.63. The summed E-state index contributed by atoms with van der Waals surface area (Å²) in [6, 6.07) is 1.16. The molecule has 0 fully saturated rings. The molecule has 0 bridgehead atoms. The van der Waals surface area contributed by atoms with Gasteiger partial charge in [-0.15, -0.1) is 0 Å². The molecule has 0 saturated carbocycles. The predicted octanol–water partition coefficient (Wildman–Crippen LogP) is 2.83. The molecule has 0 aromatic heterocycles. The highest BCUT2D eigenvalue weighted by Crippen LogP contribution is 2.41. The molecule has 15 heavy (non-hydrogen) atoms. The number of phenolic OH excluding ortho intramolecular Hbond substituents is 1. The molecule has 0 unspecified atom stereocenters. The van der Waals surface area contributed by atoms with Gasteiger partial charge in [-0.05, 0) is 12.5 Å². The standard InChI is InChI=1S/C10H8ClNO3/c1-5-9(11)8(15-6(2)13)4-7(14)10(5)12-3/h4,14H,1-2H3. The van der Waals surface area contributed by atoms with Crippen LogP contribution in [0.5, 0.6) is 11.5 Å². The first-order valence-electron chi connectivity index (χ1n) is 4.05. The maximum absolute atomic E-state index is 10.7. The topological polar surface area (TPSA) is 50.9 Å². The summed E-state index contributed by atoms with van der Waals surface area (Å²) < 4.78 is 4.77. The summed E-state index contributed by atoms with van der Waals surface area (Å²) in [7, 11) is 0. The number of rotatable bonds is 1. The van der Waals surface area contributed by atoms with Gasteiger partial charge in [0.05, 0.1) is 11.6 Å². The number of hydrogen-bond acceptors (Lipinski definition) is 3. The van der Waals surface area contributed by atoms with Crippen molar-refractivity contribution in [3.8, 4) is 11.5 Å². The van der Waals surface area contributed by atoms with E-state index in [9.17, 15) is 9.90 Å². The Morgan fingerprint density at radius 1 is 1.67 bits per heavy atom.